The monoisotopic (exact) mass is 328 g/mol. The molecule has 0 spiro atoms. The summed E-state index contributed by atoms with van der Waals surface area (Å²) in [5, 5.41) is 1.94. The standard InChI is InChI=1S/C15H15Cl3N2/c1-9-2-4-11(16)7-13(9)15(20-19)6-10-3-5-12(17)8-14(10)18/h2-5,7-8,15,20H,6,19H2,1H3. The van der Waals surface area contributed by atoms with Crippen molar-refractivity contribution in [2.24, 2.45) is 5.84 Å². The SMILES string of the molecule is Cc1ccc(Cl)cc1C(Cc1ccc(Cl)cc1Cl)NN. The number of hydrogen-bond acceptors (Lipinski definition) is 2. The van der Waals surface area contributed by atoms with Gasteiger partial charge in [-0.25, -0.2) is 0 Å². The molecule has 0 radical (unpaired) electrons. The number of nitrogens with two attached hydrogens (primary N) is 1. The molecule has 0 saturated heterocycles. The van der Waals surface area contributed by atoms with E-state index >= 15 is 0 Å². The van der Waals surface area contributed by atoms with Crippen molar-refractivity contribution in [2.75, 3.05) is 0 Å². The molecule has 0 aliphatic carbocycles. The van der Waals surface area contributed by atoms with Gasteiger partial charge in [0.15, 0.2) is 0 Å². The lowest BCUT2D eigenvalue weighted by Gasteiger charge is -2.19. The van der Waals surface area contributed by atoms with E-state index in [0.29, 0.717) is 21.5 Å². The molecule has 0 aliphatic heterocycles. The second-order valence-electron chi connectivity index (χ2n) is 4.66. The van der Waals surface area contributed by atoms with Crippen LogP contribution >= 0.6 is 34.8 Å². The molecule has 0 aromatic heterocycles. The summed E-state index contributed by atoms with van der Waals surface area (Å²) in [5.41, 5.74) is 6.00. The smallest absolute Gasteiger partial charge is 0.0503 e. The van der Waals surface area contributed by atoms with Crippen LogP contribution in [0.5, 0.6) is 0 Å². The van der Waals surface area contributed by atoms with Crippen molar-refractivity contribution in [3.8, 4) is 0 Å². The van der Waals surface area contributed by atoms with Crippen molar-refractivity contribution in [1.82, 2.24) is 5.43 Å². The first-order valence-corrected chi connectivity index (χ1v) is 7.30. The Hall–Kier alpha value is -0.770. The van der Waals surface area contributed by atoms with E-state index in [1.54, 1.807) is 6.07 Å². The van der Waals surface area contributed by atoms with Gasteiger partial charge in [-0.05, 0) is 54.3 Å². The summed E-state index contributed by atoms with van der Waals surface area (Å²) >= 11 is 18.2. The minimum atomic E-state index is -0.0626. The van der Waals surface area contributed by atoms with E-state index in [1.807, 2.05) is 37.3 Å². The molecule has 3 N–H and O–H groups in total. The van der Waals surface area contributed by atoms with Crippen LogP contribution in [0.2, 0.25) is 15.1 Å². The highest BCUT2D eigenvalue weighted by atomic mass is 35.5. The second-order valence-corrected chi connectivity index (χ2v) is 5.94. The summed E-state index contributed by atoms with van der Waals surface area (Å²) < 4.78 is 0. The molecule has 0 aliphatic rings. The molecule has 20 heavy (non-hydrogen) atoms. The van der Waals surface area contributed by atoms with Gasteiger partial charge in [-0.15, -0.1) is 0 Å². The van der Waals surface area contributed by atoms with Crippen LogP contribution < -0.4 is 11.3 Å². The van der Waals surface area contributed by atoms with Crippen molar-refractivity contribution in [2.45, 2.75) is 19.4 Å². The number of benzene rings is 2. The van der Waals surface area contributed by atoms with Crippen LogP contribution in [0.3, 0.4) is 0 Å². The minimum Gasteiger partial charge on any atom is -0.271 e. The molecule has 0 fully saturated rings. The first-order chi connectivity index (χ1) is 9.51. The fourth-order valence-electron chi connectivity index (χ4n) is 2.15. The van der Waals surface area contributed by atoms with Crippen LogP contribution in [0.4, 0.5) is 0 Å². The van der Waals surface area contributed by atoms with Crippen molar-refractivity contribution in [3.05, 3.63) is 68.2 Å². The molecule has 1 unspecified atom stereocenters. The van der Waals surface area contributed by atoms with Gasteiger partial charge in [0.2, 0.25) is 0 Å². The van der Waals surface area contributed by atoms with Crippen LogP contribution in [0.25, 0.3) is 0 Å². The molecule has 0 amide bonds. The fourth-order valence-corrected chi connectivity index (χ4v) is 2.82. The summed E-state index contributed by atoms with van der Waals surface area (Å²) in [6, 6.07) is 11.2. The van der Waals surface area contributed by atoms with Crippen LogP contribution in [0.15, 0.2) is 36.4 Å². The van der Waals surface area contributed by atoms with Crippen LogP contribution in [-0.4, -0.2) is 0 Å². The Balaban J connectivity index is 2.31. The molecule has 0 heterocycles. The molecule has 2 rings (SSSR count). The first-order valence-electron chi connectivity index (χ1n) is 6.17. The predicted octanol–water partition coefficient (Wildman–Crippen LogP) is 4.70. The third-order valence-electron chi connectivity index (χ3n) is 3.26. The summed E-state index contributed by atoms with van der Waals surface area (Å²) in [7, 11) is 0. The normalized spacial score (nSPS) is 12.4. The van der Waals surface area contributed by atoms with Crippen molar-refractivity contribution < 1.29 is 0 Å². The fraction of sp³-hybridized carbons (Fsp3) is 0.200. The Bertz CT molecular complexity index is 614. The van der Waals surface area contributed by atoms with E-state index in [1.165, 1.54) is 0 Å². The molecule has 0 saturated carbocycles. The van der Waals surface area contributed by atoms with Gasteiger partial charge in [0.05, 0.1) is 6.04 Å². The van der Waals surface area contributed by atoms with Gasteiger partial charge in [-0.2, -0.15) is 0 Å². The van der Waals surface area contributed by atoms with E-state index in [4.69, 9.17) is 40.6 Å². The Morgan fingerprint density at radius 3 is 2.35 bits per heavy atom. The molecular weight excluding hydrogens is 315 g/mol. The number of hydrazine groups is 1. The van der Waals surface area contributed by atoms with Crippen LogP contribution in [0.1, 0.15) is 22.7 Å². The molecule has 2 nitrogen and oxygen atoms in total. The lowest BCUT2D eigenvalue weighted by atomic mass is 9.96. The van der Waals surface area contributed by atoms with Gasteiger partial charge in [-0.3, -0.25) is 11.3 Å². The third kappa shape index (κ3) is 3.66. The van der Waals surface area contributed by atoms with Crippen molar-refractivity contribution >= 4 is 34.8 Å². The predicted molar refractivity (Wildman–Crippen MR) is 86.4 cm³/mol. The first kappa shape index (κ1) is 15.6. The molecule has 106 valence electrons. The Labute approximate surface area is 133 Å². The van der Waals surface area contributed by atoms with Gasteiger partial charge >= 0.3 is 0 Å². The van der Waals surface area contributed by atoms with E-state index in [2.05, 4.69) is 5.43 Å². The zero-order chi connectivity index (χ0) is 14.7. The molecule has 0 bridgehead atoms. The summed E-state index contributed by atoms with van der Waals surface area (Å²) in [6.07, 6.45) is 0.660. The van der Waals surface area contributed by atoms with Gasteiger partial charge in [0, 0.05) is 15.1 Å². The van der Waals surface area contributed by atoms with E-state index in [0.717, 1.165) is 16.7 Å². The Kier molecular flexibility index (Phi) is 5.30. The number of rotatable bonds is 4. The second kappa shape index (κ2) is 6.79. The van der Waals surface area contributed by atoms with Crippen molar-refractivity contribution in [3.63, 3.8) is 0 Å². The maximum atomic E-state index is 6.21. The van der Waals surface area contributed by atoms with Gasteiger partial charge < -0.3 is 0 Å². The van der Waals surface area contributed by atoms with Gasteiger partial charge in [0.1, 0.15) is 0 Å². The zero-order valence-corrected chi connectivity index (χ0v) is 13.2. The Morgan fingerprint density at radius 2 is 1.70 bits per heavy atom. The summed E-state index contributed by atoms with van der Waals surface area (Å²) in [5.74, 6) is 5.69. The largest absolute Gasteiger partial charge is 0.271 e. The molecular formula is C15H15Cl3N2. The third-order valence-corrected chi connectivity index (χ3v) is 4.08. The van der Waals surface area contributed by atoms with Gasteiger partial charge in [0.25, 0.3) is 0 Å². The molecule has 5 heteroatoms. The van der Waals surface area contributed by atoms with E-state index in [9.17, 15) is 0 Å². The van der Waals surface area contributed by atoms with Crippen LogP contribution in [-0.2, 0) is 6.42 Å². The van der Waals surface area contributed by atoms with Crippen molar-refractivity contribution in [1.29, 1.82) is 0 Å². The van der Waals surface area contributed by atoms with Crippen LogP contribution in [0, 0.1) is 6.92 Å². The van der Waals surface area contributed by atoms with E-state index < -0.39 is 0 Å². The lowest BCUT2D eigenvalue weighted by molar-refractivity contribution is 0.549. The minimum absolute atomic E-state index is 0.0626. The van der Waals surface area contributed by atoms with E-state index in [-0.39, 0.29) is 6.04 Å². The average Bonchev–Trinajstić information content (AvgIpc) is 2.41. The summed E-state index contributed by atoms with van der Waals surface area (Å²) in [6.45, 7) is 2.03. The Morgan fingerprint density at radius 1 is 1.05 bits per heavy atom. The average molecular weight is 330 g/mol. The highest BCUT2D eigenvalue weighted by molar-refractivity contribution is 6.35. The topological polar surface area (TPSA) is 38.0 Å². The van der Waals surface area contributed by atoms with Gasteiger partial charge in [-0.1, -0.05) is 46.9 Å². The summed E-state index contributed by atoms with van der Waals surface area (Å²) in [4.78, 5) is 0. The number of nitrogens with one attached hydrogen (secondary N) is 1. The number of halogens is 3. The molecule has 2 aromatic rings. The quantitative estimate of drug-likeness (QED) is 0.630. The zero-order valence-electron chi connectivity index (χ0n) is 11.0. The molecule has 1 atom stereocenters. The lowest BCUT2D eigenvalue weighted by Crippen LogP contribution is -2.30. The highest BCUT2D eigenvalue weighted by Gasteiger charge is 2.15. The maximum absolute atomic E-state index is 6.21. The number of hydrogen-bond donors (Lipinski definition) is 2. The molecule has 2 aromatic carbocycles. The maximum Gasteiger partial charge on any atom is 0.0503 e. The number of aryl methyl sites for hydroxylation is 1. The highest BCUT2D eigenvalue weighted by Crippen LogP contribution is 2.28.